The zero-order valence-corrected chi connectivity index (χ0v) is 15.5. The number of hydrogen-bond acceptors (Lipinski definition) is 5. The fourth-order valence-electron chi connectivity index (χ4n) is 2.59. The molecule has 0 fully saturated rings. The number of aromatic nitrogens is 1. The lowest BCUT2D eigenvalue weighted by atomic mass is 10.0. The molecular weight excluding hydrogens is 344 g/mol. The van der Waals surface area contributed by atoms with Crippen molar-refractivity contribution in [1.82, 2.24) is 10.3 Å². The number of nitrogens with one attached hydrogen (secondary N) is 3. The van der Waals surface area contributed by atoms with E-state index < -0.39 is 6.03 Å². The number of benzene rings is 1. The average molecular weight is 370 g/mol. The number of carbonyl (C=O) groups is 1. The molecule has 1 heterocycles. The number of pyridine rings is 1. The van der Waals surface area contributed by atoms with Crippen molar-refractivity contribution in [2.24, 2.45) is 5.73 Å². The number of urea groups is 1. The molecule has 2 amide bonds. The molecule has 8 nitrogen and oxygen atoms in total. The minimum atomic E-state index is -0.432. The quantitative estimate of drug-likeness (QED) is 0.359. The molecule has 0 bridgehead atoms. The summed E-state index contributed by atoms with van der Waals surface area (Å²) < 4.78 is 5.80. The summed E-state index contributed by atoms with van der Waals surface area (Å²) in [5.74, 6) is 0.0889. The Morgan fingerprint density at radius 1 is 1.33 bits per heavy atom. The molecule has 144 valence electrons. The molecule has 0 aliphatic rings. The molecule has 8 heteroatoms. The highest BCUT2D eigenvalue weighted by Crippen LogP contribution is 2.20. The fraction of sp³-hybridized carbons (Fsp3) is 0.316. The number of carbonyl (C=O) groups excluding carboxylic acids is 1. The highest BCUT2D eigenvalue weighted by Gasteiger charge is 2.22. The van der Waals surface area contributed by atoms with Crippen molar-refractivity contribution in [1.29, 1.82) is 5.41 Å². The Morgan fingerprint density at radius 3 is 2.63 bits per heavy atom. The van der Waals surface area contributed by atoms with Gasteiger partial charge in [-0.2, -0.15) is 0 Å². The van der Waals surface area contributed by atoms with E-state index in [0.717, 1.165) is 12.0 Å². The van der Waals surface area contributed by atoms with Crippen LogP contribution in [0.25, 0.3) is 0 Å². The van der Waals surface area contributed by atoms with Crippen molar-refractivity contribution in [2.75, 3.05) is 17.7 Å². The van der Waals surface area contributed by atoms with Gasteiger partial charge in [0.2, 0.25) is 0 Å². The Labute approximate surface area is 158 Å². The predicted octanol–water partition coefficient (Wildman–Crippen LogP) is 2.63. The second kappa shape index (κ2) is 9.54. The summed E-state index contributed by atoms with van der Waals surface area (Å²) in [5.41, 5.74) is 12.8. The van der Waals surface area contributed by atoms with E-state index in [2.05, 4.69) is 15.6 Å². The van der Waals surface area contributed by atoms with Crippen LogP contribution >= 0.6 is 0 Å². The van der Waals surface area contributed by atoms with E-state index in [4.69, 9.17) is 21.6 Å². The molecule has 7 N–H and O–H groups in total. The zero-order chi connectivity index (χ0) is 19.8. The highest BCUT2D eigenvalue weighted by atomic mass is 16.5. The summed E-state index contributed by atoms with van der Waals surface area (Å²) >= 11 is 0. The maximum Gasteiger partial charge on any atom is 0.320 e. The molecule has 0 unspecified atom stereocenters. The SMILES string of the molecule is CCCO[C@H](C)[C@@H](NC(=O)Nc1cc(N)c(C(=N)N)cn1)c1ccccc1. The molecule has 0 aliphatic carbocycles. The van der Waals surface area contributed by atoms with Gasteiger partial charge in [-0.15, -0.1) is 0 Å². The van der Waals surface area contributed by atoms with Crippen molar-refractivity contribution >= 4 is 23.4 Å². The Hall–Kier alpha value is -3.13. The molecular formula is C19H26N6O2. The van der Waals surface area contributed by atoms with Gasteiger partial charge in [0.15, 0.2) is 0 Å². The summed E-state index contributed by atoms with van der Waals surface area (Å²) in [6.45, 7) is 4.56. The van der Waals surface area contributed by atoms with E-state index in [9.17, 15) is 4.79 Å². The van der Waals surface area contributed by atoms with Crippen LogP contribution in [0.4, 0.5) is 16.3 Å². The normalized spacial score (nSPS) is 12.8. The number of amidine groups is 1. The van der Waals surface area contributed by atoms with Crippen LogP contribution in [0.1, 0.15) is 37.4 Å². The standard InChI is InChI=1S/C19H26N6O2/c1-3-9-27-12(2)17(13-7-5-4-6-8-13)25-19(26)24-16-10-15(20)14(11-23-16)18(21)22/h4-8,10-12,17H,3,9H2,1-2H3,(H3,21,22)(H4,20,23,24,25,26)/t12-,17-/m1/s1. The summed E-state index contributed by atoms with van der Waals surface area (Å²) in [6.07, 6.45) is 2.04. The number of amides is 2. The second-order valence-electron chi connectivity index (χ2n) is 6.13. The summed E-state index contributed by atoms with van der Waals surface area (Å²) in [4.78, 5) is 16.6. The van der Waals surface area contributed by atoms with Crippen LogP contribution in [-0.2, 0) is 4.74 Å². The lowest BCUT2D eigenvalue weighted by Gasteiger charge is -2.26. The van der Waals surface area contributed by atoms with E-state index >= 15 is 0 Å². The van der Waals surface area contributed by atoms with Gasteiger partial charge in [-0.3, -0.25) is 10.7 Å². The van der Waals surface area contributed by atoms with Gasteiger partial charge in [-0.05, 0) is 18.9 Å². The number of hydrogen-bond donors (Lipinski definition) is 5. The maximum absolute atomic E-state index is 12.5. The first-order chi connectivity index (χ1) is 12.9. The third kappa shape index (κ3) is 5.68. The van der Waals surface area contributed by atoms with Gasteiger partial charge in [0.25, 0.3) is 0 Å². The average Bonchev–Trinajstić information content (AvgIpc) is 2.64. The van der Waals surface area contributed by atoms with Gasteiger partial charge in [0.1, 0.15) is 11.7 Å². The molecule has 1 aromatic heterocycles. The molecule has 0 aliphatic heterocycles. The van der Waals surface area contributed by atoms with Crippen LogP contribution in [-0.4, -0.2) is 29.6 Å². The zero-order valence-electron chi connectivity index (χ0n) is 15.5. The van der Waals surface area contributed by atoms with Crippen LogP contribution in [0.2, 0.25) is 0 Å². The van der Waals surface area contributed by atoms with Crippen molar-refractivity contribution < 1.29 is 9.53 Å². The van der Waals surface area contributed by atoms with Crippen LogP contribution in [0.3, 0.4) is 0 Å². The van der Waals surface area contributed by atoms with E-state index in [0.29, 0.717) is 12.2 Å². The third-order valence-corrected chi connectivity index (χ3v) is 3.97. The Balaban J connectivity index is 2.11. The topological polar surface area (TPSA) is 139 Å². The number of nitrogens with zero attached hydrogens (tertiary/aromatic N) is 1. The van der Waals surface area contributed by atoms with Crippen molar-refractivity contribution in [3.8, 4) is 0 Å². The van der Waals surface area contributed by atoms with Gasteiger partial charge < -0.3 is 21.5 Å². The van der Waals surface area contributed by atoms with Crippen molar-refractivity contribution in [3.05, 3.63) is 53.7 Å². The largest absolute Gasteiger partial charge is 0.398 e. The lowest BCUT2D eigenvalue weighted by molar-refractivity contribution is 0.0418. The van der Waals surface area contributed by atoms with Crippen LogP contribution in [0.5, 0.6) is 0 Å². The summed E-state index contributed by atoms with van der Waals surface area (Å²) in [7, 11) is 0. The predicted molar refractivity (Wildman–Crippen MR) is 107 cm³/mol. The molecule has 27 heavy (non-hydrogen) atoms. The molecule has 2 atom stereocenters. The number of nitrogen functional groups attached to an aromatic ring is 2. The summed E-state index contributed by atoms with van der Waals surface area (Å²) in [5, 5.41) is 13.0. The first-order valence-electron chi connectivity index (χ1n) is 8.76. The molecule has 0 spiro atoms. The molecule has 1 aromatic carbocycles. The van der Waals surface area contributed by atoms with Gasteiger partial charge in [-0.25, -0.2) is 9.78 Å². The summed E-state index contributed by atoms with van der Waals surface area (Å²) in [6, 6.07) is 10.3. The monoisotopic (exact) mass is 370 g/mol. The second-order valence-corrected chi connectivity index (χ2v) is 6.13. The van der Waals surface area contributed by atoms with E-state index in [1.165, 1.54) is 12.3 Å². The minimum absolute atomic E-state index is 0.179. The van der Waals surface area contributed by atoms with Crippen molar-refractivity contribution in [2.45, 2.75) is 32.4 Å². The van der Waals surface area contributed by atoms with E-state index in [1.807, 2.05) is 44.2 Å². The van der Waals surface area contributed by atoms with Crippen LogP contribution in [0.15, 0.2) is 42.6 Å². The van der Waals surface area contributed by atoms with Gasteiger partial charge in [0.05, 0.1) is 17.7 Å². The maximum atomic E-state index is 12.5. The van der Waals surface area contributed by atoms with Gasteiger partial charge in [-0.1, -0.05) is 37.3 Å². The fourth-order valence-corrected chi connectivity index (χ4v) is 2.59. The lowest BCUT2D eigenvalue weighted by Crippen LogP contribution is -2.39. The highest BCUT2D eigenvalue weighted by molar-refractivity contribution is 6.00. The Kier molecular flexibility index (Phi) is 7.13. The van der Waals surface area contributed by atoms with Crippen LogP contribution in [0, 0.1) is 5.41 Å². The number of nitrogens with two attached hydrogens (primary N) is 2. The van der Waals surface area contributed by atoms with E-state index in [1.54, 1.807) is 0 Å². The van der Waals surface area contributed by atoms with Crippen LogP contribution < -0.4 is 22.1 Å². The van der Waals surface area contributed by atoms with E-state index in [-0.39, 0.29) is 29.5 Å². The number of ether oxygens (including phenoxy) is 1. The van der Waals surface area contributed by atoms with Crippen molar-refractivity contribution in [3.63, 3.8) is 0 Å². The molecule has 0 radical (unpaired) electrons. The number of anilines is 2. The third-order valence-electron chi connectivity index (χ3n) is 3.97. The first-order valence-corrected chi connectivity index (χ1v) is 8.76. The number of rotatable bonds is 8. The van der Waals surface area contributed by atoms with Gasteiger partial charge in [0, 0.05) is 24.6 Å². The molecule has 0 saturated heterocycles. The molecule has 0 saturated carbocycles. The molecule has 2 rings (SSSR count). The van der Waals surface area contributed by atoms with Gasteiger partial charge >= 0.3 is 6.03 Å². The Morgan fingerprint density at radius 2 is 2.04 bits per heavy atom. The molecule has 2 aromatic rings. The smallest absolute Gasteiger partial charge is 0.320 e. The first kappa shape index (κ1) is 20.2. The minimum Gasteiger partial charge on any atom is -0.398 e. The Bertz CT molecular complexity index is 781.